The second-order valence-corrected chi connectivity index (χ2v) is 6.83. The average Bonchev–Trinajstić information content (AvgIpc) is 2.96. The Morgan fingerprint density at radius 1 is 1.00 bits per heavy atom. The number of cyclic esters (lactones) is 1. The van der Waals surface area contributed by atoms with E-state index in [1.165, 1.54) is 30.0 Å². The van der Waals surface area contributed by atoms with Crippen molar-refractivity contribution in [1.29, 1.82) is 0 Å². The molecule has 4 rings (SSSR count). The number of ether oxygens (including phenoxy) is 1. The maximum atomic E-state index is 12.2. The number of esters is 1. The van der Waals surface area contributed by atoms with Crippen LogP contribution in [0.15, 0.2) is 42.5 Å². The van der Waals surface area contributed by atoms with E-state index in [1.807, 2.05) is 12.1 Å². The third-order valence-electron chi connectivity index (χ3n) is 5.16. The first-order valence-electron chi connectivity index (χ1n) is 8.71. The van der Waals surface area contributed by atoms with Gasteiger partial charge >= 0.3 is 5.97 Å². The van der Waals surface area contributed by atoms with Crippen LogP contribution in [0.1, 0.15) is 37.4 Å². The van der Waals surface area contributed by atoms with Gasteiger partial charge in [0, 0.05) is 13.0 Å². The van der Waals surface area contributed by atoms with Crippen molar-refractivity contribution in [2.45, 2.75) is 31.8 Å². The van der Waals surface area contributed by atoms with Gasteiger partial charge in [0.2, 0.25) is 0 Å². The molecule has 2 aromatic rings. The average molecular weight is 309 g/mol. The molecular weight excluding hydrogens is 286 g/mol. The van der Waals surface area contributed by atoms with Crippen LogP contribution in [0.2, 0.25) is 0 Å². The molecule has 0 saturated carbocycles. The number of rotatable bonds is 3. The molecule has 0 bridgehead atoms. The summed E-state index contributed by atoms with van der Waals surface area (Å²) < 4.78 is 5.68. The molecule has 23 heavy (non-hydrogen) atoms. The summed E-state index contributed by atoms with van der Waals surface area (Å²) in [7, 11) is 0. The zero-order valence-corrected chi connectivity index (χ0v) is 13.4. The summed E-state index contributed by atoms with van der Waals surface area (Å²) in [5, 5.41) is 2.44. The minimum atomic E-state index is -0.0816. The standard InChI is InChI=1S/C20H23NO2/c22-20-18(14-21-10-4-1-5-11-21)13-19(23-20)17-9-8-15-6-2-3-7-16(15)12-17/h2-3,6-9,12,18-19H,1,4-5,10-11,13-14H2/t18-,19+/m1/s1. The van der Waals surface area contributed by atoms with E-state index < -0.39 is 0 Å². The summed E-state index contributed by atoms with van der Waals surface area (Å²) in [5.41, 5.74) is 1.12. The van der Waals surface area contributed by atoms with Gasteiger partial charge in [-0.05, 0) is 48.3 Å². The number of hydrogen-bond acceptors (Lipinski definition) is 3. The Bertz CT molecular complexity index is 706. The van der Waals surface area contributed by atoms with Crippen LogP contribution >= 0.6 is 0 Å². The van der Waals surface area contributed by atoms with Crippen molar-refractivity contribution in [3.63, 3.8) is 0 Å². The van der Waals surface area contributed by atoms with Crippen molar-refractivity contribution < 1.29 is 9.53 Å². The minimum Gasteiger partial charge on any atom is -0.457 e. The normalized spacial score (nSPS) is 25.7. The smallest absolute Gasteiger partial charge is 0.311 e. The van der Waals surface area contributed by atoms with Crippen LogP contribution in [0.4, 0.5) is 0 Å². The van der Waals surface area contributed by atoms with Gasteiger partial charge in [-0.2, -0.15) is 0 Å². The highest BCUT2D eigenvalue weighted by atomic mass is 16.6. The summed E-state index contributed by atoms with van der Waals surface area (Å²) in [6.45, 7) is 3.12. The molecule has 2 aromatic carbocycles. The van der Waals surface area contributed by atoms with E-state index in [0.29, 0.717) is 0 Å². The molecule has 2 aliphatic heterocycles. The molecular formula is C20H23NO2. The lowest BCUT2D eigenvalue weighted by atomic mass is 9.97. The van der Waals surface area contributed by atoms with Crippen molar-refractivity contribution in [1.82, 2.24) is 4.90 Å². The Morgan fingerprint density at radius 2 is 1.78 bits per heavy atom. The van der Waals surface area contributed by atoms with Crippen molar-refractivity contribution in [3.05, 3.63) is 48.0 Å². The summed E-state index contributed by atoms with van der Waals surface area (Å²) in [4.78, 5) is 14.7. The van der Waals surface area contributed by atoms with E-state index in [4.69, 9.17) is 4.74 Å². The topological polar surface area (TPSA) is 29.5 Å². The highest BCUT2D eigenvalue weighted by molar-refractivity contribution is 5.83. The highest BCUT2D eigenvalue weighted by Crippen LogP contribution is 2.35. The Morgan fingerprint density at radius 3 is 2.61 bits per heavy atom. The van der Waals surface area contributed by atoms with Crippen LogP contribution in [-0.2, 0) is 9.53 Å². The van der Waals surface area contributed by atoms with E-state index in [-0.39, 0.29) is 18.0 Å². The van der Waals surface area contributed by atoms with Crippen LogP contribution in [0, 0.1) is 5.92 Å². The van der Waals surface area contributed by atoms with Crippen molar-refractivity contribution in [2.75, 3.05) is 19.6 Å². The number of fused-ring (bicyclic) bond motifs is 1. The molecule has 0 unspecified atom stereocenters. The molecule has 3 nitrogen and oxygen atoms in total. The van der Waals surface area contributed by atoms with Crippen molar-refractivity contribution in [3.8, 4) is 0 Å². The molecule has 2 aliphatic rings. The highest BCUT2D eigenvalue weighted by Gasteiger charge is 2.36. The largest absolute Gasteiger partial charge is 0.457 e. The van der Waals surface area contributed by atoms with Crippen molar-refractivity contribution >= 4 is 16.7 Å². The third kappa shape index (κ3) is 3.11. The Balaban J connectivity index is 1.48. The number of carbonyl (C=O) groups is 1. The van der Waals surface area contributed by atoms with E-state index in [1.54, 1.807) is 0 Å². The molecule has 3 heteroatoms. The monoisotopic (exact) mass is 309 g/mol. The molecule has 2 fully saturated rings. The van der Waals surface area contributed by atoms with Gasteiger partial charge in [0.25, 0.3) is 0 Å². The zero-order chi connectivity index (χ0) is 15.6. The van der Waals surface area contributed by atoms with Gasteiger partial charge in [0.15, 0.2) is 0 Å². The molecule has 0 aromatic heterocycles. The first-order valence-corrected chi connectivity index (χ1v) is 8.71. The zero-order valence-electron chi connectivity index (χ0n) is 13.4. The predicted octanol–water partition coefficient (Wildman–Crippen LogP) is 3.93. The predicted molar refractivity (Wildman–Crippen MR) is 91.2 cm³/mol. The Hall–Kier alpha value is -1.87. The van der Waals surface area contributed by atoms with Crippen LogP contribution in [0.25, 0.3) is 10.8 Å². The van der Waals surface area contributed by atoms with E-state index in [9.17, 15) is 4.79 Å². The summed E-state index contributed by atoms with van der Waals surface area (Å²) in [5.74, 6) is 0.0123. The molecule has 2 atom stereocenters. The molecule has 0 amide bonds. The first kappa shape index (κ1) is 14.7. The molecule has 0 N–H and O–H groups in total. The molecule has 120 valence electrons. The lowest BCUT2D eigenvalue weighted by Gasteiger charge is -2.27. The van der Waals surface area contributed by atoms with Gasteiger partial charge in [-0.25, -0.2) is 0 Å². The molecule has 0 radical (unpaired) electrons. The number of piperidine rings is 1. The maximum absolute atomic E-state index is 12.2. The minimum absolute atomic E-state index is 0.0197. The third-order valence-corrected chi connectivity index (χ3v) is 5.16. The fourth-order valence-electron chi connectivity index (χ4n) is 3.85. The van der Waals surface area contributed by atoms with Gasteiger partial charge in [-0.3, -0.25) is 4.79 Å². The molecule has 0 spiro atoms. The number of hydrogen-bond donors (Lipinski definition) is 0. The second-order valence-electron chi connectivity index (χ2n) is 6.83. The van der Waals surface area contributed by atoms with Gasteiger partial charge < -0.3 is 9.64 Å². The van der Waals surface area contributed by atoms with E-state index in [0.717, 1.165) is 31.6 Å². The van der Waals surface area contributed by atoms with Gasteiger partial charge in [-0.1, -0.05) is 42.8 Å². The lowest BCUT2D eigenvalue weighted by molar-refractivity contribution is -0.145. The van der Waals surface area contributed by atoms with Crippen molar-refractivity contribution in [2.24, 2.45) is 5.92 Å². The maximum Gasteiger partial charge on any atom is 0.311 e. The number of benzene rings is 2. The van der Waals surface area contributed by atoms with Gasteiger partial charge in [-0.15, -0.1) is 0 Å². The lowest BCUT2D eigenvalue weighted by Crippen LogP contribution is -2.35. The SMILES string of the molecule is O=C1O[C@H](c2ccc3ccccc3c2)C[C@@H]1CN1CCCCC1. The van der Waals surface area contributed by atoms with Gasteiger partial charge in [0.05, 0.1) is 5.92 Å². The van der Waals surface area contributed by atoms with Crippen LogP contribution in [0.5, 0.6) is 0 Å². The summed E-state index contributed by atoms with van der Waals surface area (Å²) >= 11 is 0. The first-order chi connectivity index (χ1) is 11.3. The Labute approximate surface area is 137 Å². The fraction of sp³-hybridized carbons (Fsp3) is 0.450. The summed E-state index contributed by atoms with van der Waals surface area (Å²) in [6.07, 6.45) is 4.58. The number of nitrogens with zero attached hydrogens (tertiary/aromatic N) is 1. The van der Waals surface area contributed by atoms with Crippen LogP contribution in [0.3, 0.4) is 0 Å². The molecule has 2 saturated heterocycles. The van der Waals surface area contributed by atoms with Crippen LogP contribution in [-0.4, -0.2) is 30.5 Å². The molecule has 2 heterocycles. The van der Waals surface area contributed by atoms with Crippen LogP contribution < -0.4 is 0 Å². The number of likely N-dealkylation sites (tertiary alicyclic amines) is 1. The number of carbonyl (C=O) groups excluding carboxylic acids is 1. The fourth-order valence-corrected chi connectivity index (χ4v) is 3.85. The second kappa shape index (κ2) is 6.32. The Kier molecular flexibility index (Phi) is 4.04. The van der Waals surface area contributed by atoms with Gasteiger partial charge in [0.1, 0.15) is 6.10 Å². The summed E-state index contributed by atoms with van der Waals surface area (Å²) in [6, 6.07) is 14.7. The molecule has 0 aliphatic carbocycles. The quantitative estimate of drug-likeness (QED) is 0.805. The van der Waals surface area contributed by atoms with E-state index in [2.05, 4.69) is 35.2 Å². The van der Waals surface area contributed by atoms with E-state index >= 15 is 0 Å².